The first-order valence-electron chi connectivity index (χ1n) is 4.89. The minimum absolute atomic E-state index is 0.246. The number of nitrogens with zero attached hydrogens (tertiary/aromatic N) is 3. The summed E-state index contributed by atoms with van der Waals surface area (Å²) in [6.45, 7) is 0. The van der Waals surface area contributed by atoms with Crippen molar-refractivity contribution in [3.05, 3.63) is 47.7 Å². The molecule has 0 N–H and O–H groups in total. The number of rotatable bonds is 2. The summed E-state index contributed by atoms with van der Waals surface area (Å²) in [6, 6.07) is 13.4. The van der Waals surface area contributed by atoms with Gasteiger partial charge in [0.2, 0.25) is 0 Å². The van der Waals surface area contributed by atoms with E-state index >= 15 is 0 Å². The molecule has 17 heavy (non-hydrogen) atoms. The fraction of sp³-hybridized carbons (Fsp3) is 0.0769. The third kappa shape index (κ3) is 1.97. The Morgan fingerprint density at radius 1 is 1.29 bits per heavy atom. The van der Waals surface area contributed by atoms with Crippen LogP contribution < -0.4 is 4.74 Å². The average molecular weight is 222 g/mol. The summed E-state index contributed by atoms with van der Waals surface area (Å²) < 4.78 is 7.31. The Balaban J connectivity index is 2.45. The topological polar surface area (TPSA) is 61.7 Å². The number of aryl methyl sites for hydroxylation is 1. The molecule has 1 aromatic carbocycles. The van der Waals surface area contributed by atoms with Crippen LogP contribution in [0.2, 0.25) is 0 Å². The number of aromatic nitrogens is 1. The monoisotopic (exact) mass is 222 g/mol. The van der Waals surface area contributed by atoms with Crippen LogP contribution in [0.4, 0.5) is 0 Å². The van der Waals surface area contributed by atoms with Gasteiger partial charge in [0, 0.05) is 25.4 Å². The van der Waals surface area contributed by atoms with Crippen LogP contribution in [0.15, 0.2) is 30.5 Å². The molecule has 0 fully saturated rings. The van der Waals surface area contributed by atoms with E-state index in [0.29, 0.717) is 17.2 Å². The van der Waals surface area contributed by atoms with Gasteiger partial charge in [0.1, 0.15) is 23.5 Å². The molecule has 2 aromatic rings. The molecule has 0 atom stereocenters. The van der Waals surface area contributed by atoms with Crippen LogP contribution in [0, 0.1) is 28.7 Å². The second-order valence-electron chi connectivity index (χ2n) is 3.39. The number of hydrogen-bond acceptors (Lipinski definition) is 3. The minimum Gasteiger partial charge on any atom is -0.439 e. The molecule has 4 nitrogen and oxygen atoms in total. The van der Waals surface area contributed by atoms with Crippen LogP contribution in [-0.4, -0.2) is 4.57 Å². The predicted molar refractivity (Wildman–Crippen MR) is 60.2 cm³/mol. The normalized spacial score (nSPS) is 9.35. The lowest BCUT2D eigenvalue weighted by molar-refractivity contribution is 0.442. The SMILES string of the molecule is Cn1c[c]cc1Oc1cccc(C#N)c1C#N. The van der Waals surface area contributed by atoms with Gasteiger partial charge in [-0.3, -0.25) is 0 Å². The second kappa shape index (κ2) is 4.42. The Bertz CT molecular complexity index is 629. The summed E-state index contributed by atoms with van der Waals surface area (Å²) in [4.78, 5) is 0. The van der Waals surface area contributed by atoms with Crippen molar-refractivity contribution in [3.63, 3.8) is 0 Å². The van der Waals surface area contributed by atoms with E-state index in [-0.39, 0.29) is 5.56 Å². The van der Waals surface area contributed by atoms with E-state index in [2.05, 4.69) is 6.07 Å². The number of ether oxygens (including phenoxy) is 1. The fourth-order valence-corrected chi connectivity index (χ4v) is 1.42. The van der Waals surface area contributed by atoms with Crippen molar-refractivity contribution in [2.45, 2.75) is 0 Å². The van der Waals surface area contributed by atoms with Crippen LogP contribution in [0.1, 0.15) is 11.1 Å². The van der Waals surface area contributed by atoms with Crippen molar-refractivity contribution in [3.8, 4) is 23.8 Å². The Hall–Kier alpha value is -2.72. The van der Waals surface area contributed by atoms with Gasteiger partial charge in [-0.2, -0.15) is 10.5 Å². The Morgan fingerprint density at radius 3 is 2.71 bits per heavy atom. The summed E-state index contributed by atoms with van der Waals surface area (Å²) in [6.07, 6.45) is 1.72. The summed E-state index contributed by atoms with van der Waals surface area (Å²) in [5.74, 6) is 0.943. The van der Waals surface area contributed by atoms with Gasteiger partial charge in [-0.1, -0.05) is 6.07 Å². The van der Waals surface area contributed by atoms with Crippen molar-refractivity contribution >= 4 is 0 Å². The molecule has 1 heterocycles. The lowest BCUT2D eigenvalue weighted by atomic mass is 10.1. The Kier molecular flexibility index (Phi) is 2.81. The molecule has 0 spiro atoms. The highest BCUT2D eigenvalue weighted by Crippen LogP contribution is 2.26. The standard InChI is InChI=1S/C13H8N3O/c1-16-7-3-6-13(16)17-12-5-2-4-10(8-14)11(12)9-15/h2,4-7H,1H3. The summed E-state index contributed by atoms with van der Waals surface area (Å²) >= 11 is 0. The third-order valence-electron chi connectivity index (χ3n) is 2.30. The van der Waals surface area contributed by atoms with Gasteiger partial charge in [0.25, 0.3) is 0 Å². The predicted octanol–water partition coefficient (Wildman–Crippen LogP) is 2.36. The van der Waals surface area contributed by atoms with Crippen LogP contribution in [-0.2, 0) is 7.05 Å². The molecule has 1 radical (unpaired) electrons. The average Bonchev–Trinajstić information content (AvgIpc) is 2.74. The van der Waals surface area contributed by atoms with Crippen LogP contribution in [0.5, 0.6) is 11.6 Å². The number of hydrogen-bond donors (Lipinski definition) is 0. The minimum atomic E-state index is 0.246. The molecule has 0 aliphatic rings. The maximum atomic E-state index is 9.03. The highest BCUT2D eigenvalue weighted by atomic mass is 16.5. The summed E-state index contributed by atoms with van der Waals surface area (Å²) in [7, 11) is 1.81. The molecular formula is C13H8N3O. The maximum absolute atomic E-state index is 9.03. The van der Waals surface area contributed by atoms with E-state index in [1.54, 1.807) is 35.0 Å². The maximum Gasteiger partial charge on any atom is 0.200 e. The highest BCUT2D eigenvalue weighted by Gasteiger charge is 2.10. The zero-order chi connectivity index (χ0) is 12.3. The molecule has 0 aliphatic carbocycles. The lowest BCUT2D eigenvalue weighted by Crippen LogP contribution is -1.95. The Morgan fingerprint density at radius 2 is 2.12 bits per heavy atom. The molecule has 0 aliphatic heterocycles. The van der Waals surface area contributed by atoms with E-state index in [1.807, 2.05) is 19.2 Å². The van der Waals surface area contributed by atoms with Gasteiger partial charge in [-0.05, 0) is 12.1 Å². The van der Waals surface area contributed by atoms with Crippen LogP contribution >= 0.6 is 0 Å². The zero-order valence-electron chi connectivity index (χ0n) is 9.14. The molecular weight excluding hydrogens is 214 g/mol. The van der Waals surface area contributed by atoms with Crippen molar-refractivity contribution in [1.29, 1.82) is 10.5 Å². The van der Waals surface area contributed by atoms with Crippen LogP contribution in [0.25, 0.3) is 0 Å². The molecule has 0 amide bonds. The molecule has 0 bridgehead atoms. The smallest absolute Gasteiger partial charge is 0.200 e. The van der Waals surface area contributed by atoms with Crippen molar-refractivity contribution < 1.29 is 4.74 Å². The van der Waals surface area contributed by atoms with Crippen molar-refractivity contribution in [2.24, 2.45) is 7.05 Å². The fourth-order valence-electron chi connectivity index (χ4n) is 1.42. The molecule has 2 rings (SSSR count). The largest absolute Gasteiger partial charge is 0.439 e. The van der Waals surface area contributed by atoms with Gasteiger partial charge in [0.15, 0.2) is 5.88 Å². The van der Waals surface area contributed by atoms with Gasteiger partial charge >= 0.3 is 0 Å². The van der Waals surface area contributed by atoms with E-state index in [0.717, 1.165) is 0 Å². The molecule has 81 valence electrons. The van der Waals surface area contributed by atoms with Gasteiger partial charge < -0.3 is 9.30 Å². The second-order valence-corrected chi connectivity index (χ2v) is 3.39. The number of nitriles is 2. The van der Waals surface area contributed by atoms with Gasteiger partial charge in [-0.25, -0.2) is 0 Å². The summed E-state index contributed by atoms with van der Waals surface area (Å²) in [5.41, 5.74) is 0.555. The summed E-state index contributed by atoms with van der Waals surface area (Å²) in [5, 5.41) is 17.9. The van der Waals surface area contributed by atoms with E-state index in [9.17, 15) is 0 Å². The van der Waals surface area contributed by atoms with Crippen molar-refractivity contribution in [2.75, 3.05) is 0 Å². The molecule has 1 aromatic heterocycles. The third-order valence-corrected chi connectivity index (χ3v) is 2.30. The molecule has 0 saturated heterocycles. The van der Waals surface area contributed by atoms with Crippen LogP contribution in [0.3, 0.4) is 0 Å². The quantitative estimate of drug-likeness (QED) is 0.783. The van der Waals surface area contributed by atoms with Gasteiger partial charge in [0.05, 0.1) is 5.56 Å². The first-order valence-corrected chi connectivity index (χ1v) is 4.89. The first-order chi connectivity index (χ1) is 8.26. The first kappa shape index (κ1) is 10.8. The molecule has 0 saturated carbocycles. The van der Waals surface area contributed by atoms with E-state index < -0.39 is 0 Å². The van der Waals surface area contributed by atoms with E-state index in [1.165, 1.54) is 0 Å². The molecule has 0 unspecified atom stereocenters. The number of benzene rings is 1. The molecule has 4 heteroatoms. The Labute approximate surface area is 98.9 Å². The zero-order valence-corrected chi connectivity index (χ0v) is 9.14. The van der Waals surface area contributed by atoms with Gasteiger partial charge in [-0.15, -0.1) is 0 Å². The highest BCUT2D eigenvalue weighted by molar-refractivity contribution is 5.54. The lowest BCUT2D eigenvalue weighted by Gasteiger charge is -2.08. The van der Waals surface area contributed by atoms with E-state index in [4.69, 9.17) is 15.3 Å². The van der Waals surface area contributed by atoms with Crippen molar-refractivity contribution in [1.82, 2.24) is 4.57 Å².